The Balaban J connectivity index is 1.39. The van der Waals surface area contributed by atoms with Crippen LogP contribution in [0.4, 0.5) is 24.5 Å². The number of hydrogen-bond donors (Lipinski definition) is 2. The molecule has 1 aromatic rings. The molecule has 144 valence electrons. The van der Waals surface area contributed by atoms with Gasteiger partial charge < -0.3 is 15.2 Å². The summed E-state index contributed by atoms with van der Waals surface area (Å²) in [7, 11) is 1.59. The summed E-state index contributed by atoms with van der Waals surface area (Å²) in [6.45, 7) is 0. The number of fused-ring (bicyclic) bond motifs is 1. The van der Waals surface area contributed by atoms with Crippen molar-refractivity contribution in [3.8, 4) is 5.75 Å². The highest BCUT2D eigenvalue weighted by Gasteiger charge is 2.44. The number of aliphatic hydroxyl groups excluding tert-OH is 1. The molecule has 4 nitrogen and oxygen atoms in total. The molecule has 1 unspecified atom stereocenters. The number of nitrogens with one attached hydrogen (secondary N) is 1. The molecule has 0 bridgehead atoms. The normalized spacial score (nSPS) is 24.5. The van der Waals surface area contributed by atoms with Gasteiger partial charge in [0.1, 0.15) is 5.75 Å². The molecular formula is C19H25F3N2O2. The minimum atomic E-state index is -4.03. The van der Waals surface area contributed by atoms with E-state index in [2.05, 4.69) is 10.3 Å². The second-order valence-corrected chi connectivity index (χ2v) is 7.21. The van der Waals surface area contributed by atoms with Crippen LogP contribution in [0.15, 0.2) is 23.2 Å². The molecule has 2 aliphatic rings. The van der Waals surface area contributed by atoms with Crippen LogP contribution in [0.1, 0.15) is 44.9 Å². The number of aliphatic hydroxyl groups is 1. The number of ether oxygens (including phenoxy) is 1. The number of rotatable bonds is 8. The minimum Gasteiger partial charge on any atom is -0.497 e. The Morgan fingerprint density at radius 2 is 2.04 bits per heavy atom. The maximum atomic E-state index is 12.3. The largest absolute Gasteiger partial charge is 0.497 e. The van der Waals surface area contributed by atoms with Crippen LogP contribution in [0.25, 0.3) is 0 Å². The molecule has 0 radical (unpaired) electrons. The monoisotopic (exact) mass is 370 g/mol. The number of hydrogen-bond acceptors (Lipinski definition) is 4. The van der Waals surface area contributed by atoms with Gasteiger partial charge in [0.25, 0.3) is 0 Å². The highest BCUT2D eigenvalue weighted by atomic mass is 19.4. The average molecular weight is 370 g/mol. The third-order valence-electron chi connectivity index (χ3n) is 5.15. The first-order valence-corrected chi connectivity index (χ1v) is 9.12. The van der Waals surface area contributed by atoms with E-state index in [1.165, 1.54) is 0 Å². The molecule has 0 spiro atoms. The van der Waals surface area contributed by atoms with Gasteiger partial charge >= 0.3 is 6.18 Å². The van der Waals surface area contributed by atoms with E-state index in [9.17, 15) is 18.3 Å². The van der Waals surface area contributed by atoms with Crippen LogP contribution in [0.2, 0.25) is 0 Å². The summed E-state index contributed by atoms with van der Waals surface area (Å²) in [5, 5.41) is 13.2. The number of nitrogens with zero attached hydrogens (tertiary/aromatic N) is 1. The highest BCUT2D eigenvalue weighted by Crippen LogP contribution is 2.48. The van der Waals surface area contributed by atoms with Gasteiger partial charge in [-0.2, -0.15) is 13.2 Å². The smallest absolute Gasteiger partial charge is 0.389 e. The zero-order valence-corrected chi connectivity index (χ0v) is 14.9. The Labute approximate surface area is 151 Å². The fraction of sp³-hybridized carbons (Fsp3) is 0.632. The zero-order chi connectivity index (χ0) is 18.7. The van der Waals surface area contributed by atoms with Crippen LogP contribution in [0.5, 0.6) is 5.75 Å². The summed E-state index contributed by atoms with van der Waals surface area (Å²) in [5.41, 5.74) is 2.22. The van der Waals surface area contributed by atoms with Crippen LogP contribution < -0.4 is 10.1 Å². The van der Waals surface area contributed by atoms with Crippen molar-refractivity contribution < 1.29 is 23.0 Å². The molecule has 0 amide bonds. The van der Waals surface area contributed by atoms with Crippen molar-refractivity contribution in [1.29, 1.82) is 0 Å². The van der Waals surface area contributed by atoms with E-state index in [0.717, 1.165) is 43.5 Å². The molecule has 0 aromatic heterocycles. The molecule has 1 fully saturated rings. The lowest BCUT2D eigenvalue weighted by atomic mass is 10.0. The quantitative estimate of drug-likeness (QED) is 0.630. The Hall–Kier alpha value is -1.76. The summed E-state index contributed by atoms with van der Waals surface area (Å²) in [5.74, 6) is 0.793. The zero-order valence-electron chi connectivity index (χ0n) is 14.9. The van der Waals surface area contributed by atoms with Crippen LogP contribution in [0, 0.1) is 11.8 Å². The summed E-state index contributed by atoms with van der Waals surface area (Å²) < 4.78 is 42.1. The predicted octanol–water partition coefficient (Wildman–Crippen LogP) is 5.05. The van der Waals surface area contributed by atoms with Crippen LogP contribution in [-0.4, -0.2) is 30.3 Å². The molecule has 1 saturated carbocycles. The van der Waals surface area contributed by atoms with E-state index in [1.807, 2.05) is 12.1 Å². The van der Waals surface area contributed by atoms with E-state index >= 15 is 0 Å². The summed E-state index contributed by atoms with van der Waals surface area (Å²) >= 11 is 0. The van der Waals surface area contributed by atoms with E-state index in [-0.39, 0.29) is 11.8 Å². The molecule has 1 aromatic carbocycles. The molecule has 1 heterocycles. The lowest BCUT2D eigenvalue weighted by Crippen LogP contribution is -2.31. The number of benzene rings is 1. The maximum Gasteiger partial charge on any atom is 0.389 e. The van der Waals surface area contributed by atoms with Crippen LogP contribution in [-0.2, 0) is 0 Å². The average Bonchev–Trinajstić information content (AvgIpc) is 3.30. The first-order valence-electron chi connectivity index (χ1n) is 9.12. The van der Waals surface area contributed by atoms with E-state index in [0.29, 0.717) is 17.9 Å². The van der Waals surface area contributed by atoms with Crippen molar-refractivity contribution >= 4 is 17.1 Å². The standard InChI is InChI=1S/C19H25F3N2O2/c1-26-14-7-8-15-17(10-14)24-18(25)16(23-15)6-4-2-3-5-12-9-13(12)11-19(20,21)22/h7-8,10,12-13,18,24-25H,2-6,9,11H2,1H3/t12-,13-,18?/m1/s1. The van der Waals surface area contributed by atoms with Crippen LogP contribution in [0.3, 0.4) is 0 Å². The molecule has 7 heteroatoms. The van der Waals surface area contributed by atoms with Gasteiger partial charge in [0, 0.05) is 12.5 Å². The maximum absolute atomic E-state index is 12.3. The van der Waals surface area contributed by atoms with Gasteiger partial charge in [-0.1, -0.05) is 19.3 Å². The number of methoxy groups -OCH3 is 1. The lowest BCUT2D eigenvalue weighted by molar-refractivity contribution is -0.138. The number of anilines is 1. The third kappa shape index (κ3) is 5.13. The second-order valence-electron chi connectivity index (χ2n) is 7.21. The molecule has 26 heavy (non-hydrogen) atoms. The second kappa shape index (κ2) is 7.86. The Bertz CT molecular complexity index is 661. The van der Waals surface area contributed by atoms with Gasteiger partial charge in [-0.25, -0.2) is 0 Å². The van der Waals surface area contributed by atoms with Gasteiger partial charge in [0.15, 0.2) is 6.23 Å². The SMILES string of the molecule is COc1ccc2c(c1)NC(O)C(CCCCC[C@@H]1C[C@@H]1CC(F)(F)F)=N2. The first kappa shape index (κ1) is 19.0. The Kier molecular flexibility index (Phi) is 5.75. The van der Waals surface area contributed by atoms with E-state index < -0.39 is 18.8 Å². The van der Waals surface area contributed by atoms with E-state index in [4.69, 9.17) is 4.74 Å². The van der Waals surface area contributed by atoms with Gasteiger partial charge in [0.2, 0.25) is 0 Å². The first-order chi connectivity index (χ1) is 12.4. The Morgan fingerprint density at radius 1 is 1.23 bits per heavy atom. The van der Waals surface area contributed by atoms with Crippen molar-refractivity contribution in [2.75, 3.05) is 12.4 Å². The molecule has 2 N–H and O–H groups in total. The molecular weight excluding hydrogens is 345 g/mol. The number of aliphatic imine (C=N–C) groups is 1. The Morgan fingerprint density at radius 3 is 2.77 bits per heavy atom. The van der Waals surface area contributed by atoms with Gasteiger partial charge in [-0.05, 0) is 43.2 Å². The van der Waals surface area contributed by atoms with Crippen molar-refractivity contribution in [3.05, 3.63) is 18.2 Å². The number of unbranched alkanes of at least 4 members (excludes halogenated alkanes) is 2. The molecule has 0 saturated heterocycles. The lowest BCUT2D eigenvalue weighted by Gasteiger charge is -2.23. The predicted molar refractivity (Wildman–Crippen MR) is 95.1 cm³/mol. The molecule has 3 rings (SSSR count). The summed E-state index contributed by atoms with van der Waals surface area (Å²) in [4.78, 5) is 4.52. The number of halogens is 3. The number of alkyl halides is 3. The van der Waals surface area contributed by atoms with Gasteiger partial charge in [0.05, 0.1) is 24.2 Å². The molecule has 1 aliphatic carbocycles. The van der Waals surface area contributed by atoms with Gasteiger partial charge in [-0.15, -0.1) is 0 Å². The van der Waals surface area contributed by atoms with Crippen LogP contribution >= 0.6 is 0 Å². The minimum absolute atomic E-state index is 0.155. The highest BCUT2D eigenvalue weighted by molar-refractivity contribution is 5.97. The van der Waals surface area contributed by atoms with Gasteiger partial charge in [-0.3, -0.25) is 4.99 Å². The van der Waals surface area contributed by atoms with Crippen molar-refractivity contribution in [2.45, 2.75) is 57.3 Å². The fourth-order valence-electron chi connectivity index (χ4n) is 3.59. The van der Waals surface area contributed by atoms with Crippen molar-refractivity contribution in [3.63, 3.8) is 0 Å². The molecule has 1 aliphatic heterocycles. The third-order valence-corrected chi connectivity index (χ3v) is 5.15. The van der Waals surface area contributed by atoms with Crippen molar-refractivity contribution in [1.82, 2.24) is 0 Å². The molecule has 3 atom stereocenters. The van der Waals surface area contributed by atoms with Crippen molar-refractivity contribution in [2.24, 2.45) is 16.8 Å². The summed E-state index contributed by atoms with van der Waals surface area (Å²) in [6.07, 6.45) is -0.449. The topological polar surface area (TPSA) is 53.8 Å². The fourth-order valence-corrected chi connectivity index (χ4v) is 3.59. The van der Waals surface area contributed by atoms with E-state index in [1.54, 1.807) is 13.2 Å². The summed E-state index contributed by atoms with van der Waals surface area (Å²) in [6, 6.07) is 5.47.